The predicted molar refractivity (Wildman–Crippen MR) is 97.3 cm³/mol. The van der Waals surface area contributed by atoms with Gasteiger partial charge in [0.25, 0.3) is 0 Å². The normalized spacial score (nSPS) is 11.2. The van der Waals surface area contributed by atoms with Crippen LogP contribution in [0.1, 0.15) is 46.0 Å². The molecule has 2 N–H and O–H groups in total. The van der Waals surface area contributed by atoms with Crippen LogP contribution in [-0.2, 0) is 0 Å². The number of hydrogen-bond donors (Lipinski definition) is 2. The maximum atomic E-state index is 3.67. The van der Waals surface area contributed by atoms with Crippen LogP contribution < -0.4 is 10.6 Å². The summed E-state index contributed by atoms with van der Waals surface area (Å²) in [4.78, 5) is 0. The van der Waals surface area contributed by atoms with Crippen molar-refractivity contribution in [2.24, 2.45) is 0 Å². The third-order valence-corrected chi connectivity index (χ3v) is 3.92. The first-order chi connectivity index (χ1) is 10.7. The summed E-state index contributed by atoms with van der Waals surface area (Å²) in [6, 6.07) is 20.9. The van der Waals surface area contributed by atoms with E-state index in [0.717, 1.165) is 17.8 Å². The first kappa shape index (κ1) is 16.4. The van der Waals surface area contributed by atoms with Crippen LogP contribution >= 0.6 is 0 Å². The first-order valence-electron chi connectivity index (χ1n) is 8.38. The van der Waals surface area contributed by atoms with Gasteiger partial charge in [0.1, 0.15) is 5.66 Å². The minimum absolute atomic E-state index is 0.142. The fraction of sp³-hybridized carbons (Fsp3) is 0.400. The lowest BCUT2D eigenvalue weighted by atomic mass is 10.0. The van der Waals surface area contributed by atoms with Gasteiger partial charge < -0.3 is 10.6 Å². The van der Waals surface area contributed by atoms with Crippen LogP contribution in [0.4, 0.5) is 11.4 Å². The lowest BCUT2D eigenvalue weighted by molar-refractivity contribution is 0.490. The largest absolute Gasteiger partial charge is 0.363 e. The molecule has 0 aromatic heterocycles. The Kier molecular flexibility index (Phi) is 6.32. The Balaban J connectivity index is 2.05. The van der Waals surface area contributed by atoms with E-state index in [2.05, 4.69) is 73.0 Å². The van der Waals surface area contributed by atoms with Crippen LogP contribution in [0.2, 0.25) is 0 Å². The summed E-state index contributed by atoms with van der Waals surface area (Å²) in [5, 5.41) is 7.34. The van der Waals surface area contributed by atoms with E-state index in [1.807, 2.05) is 12.1 Å². The van der Waals surface area contributed by atoms with Crippen molar-refractivity contribution in [3.8, 4) is 0 Å². The van der Waals surface area contributed by atoms with Crippen molar-refractivity contribution in [3.63, 3.8) is 0 Å². The molecule has 0 heterocycles. The smallest absolute Gasteiger partial charge is 0.105 e. The molecular formula is C20H28N2. The second kappa shape index (κ2) is 8.47. The molecule has 0 radical (unpaired) electrons. The first-order valence-corrected chi connectivity index (χ1v) is 8.38. The number of para-hydroxylation sites is 2. The molecule has 0 saturated heterocycles. The Morgan fingerprint density at radius 1 is 0.727 bits per heavy atom. The number of unbranched alkanes of at least 4 members (excludes halogenated alkanes) is 3. The van der Waals surface area contributed by atoms with E-state index in [1.165, 1.54) is 25.7 Å². The zero-order valence-corrected chi connectivity index (χ0v) is 13.8. The summed E-state index contributed by atoms with van der Waals surface area (Å²) in [6.07, 6.45) is 6.20. The molecule has 2 nitrogen and oxygen atoms in total. The Hall–Kier alpha value is -1.96. The average Bonchev–Trinajstić information content (AvgIpc) is 2.53. The maximum absolute atomic E-state index is 3.67. The molecule has 2 heteroatoms. The molecule has 0 atom stereocenters. The third-order valence-electron chi connectivity index (χ3n) is 3.92. The lowest BCUT2D eigenvalue weighted by Gasteiger charge is -2.34. The van der Waals surface area contributed by atoms with E-state index in [4.69, 9.17) is 0 Å². The van der Waals surface area contributed by atoms with E-state index in [1.54, 1.807) is 0 Å². The van der Waals surface area contributed by atoms with E-state index in [-0.39, 0.29) is 5.66 Å². The highest BCUT2D eigenvalue weighted by molar-refractivity contribution is 5.51. The summed E-state index contributed by atoms with van der Waals surface area (Å²) >= 11 is 0. The van der Waals surface area contributed by atoms with Gasteiger partial charge in [-0.25, -0.2) is 0 Å². The monoisotopic (exact) mass is 296 g/mol. The van der Waals surface area contributed by atoms with E-state index < -0.39 is 0 Å². The highest BCUT2D eigenvalue weighted by Crippen LogP contribution is 2.24. The van der Waals surface area contributed by atoms with E-state index >= 15 is 0 Å². The topological polar surface area (TPSA) is 24.1 Å². The van der Waals surface area contributed by atoms with Gasteiger partial charge in [0, 0.05) is 11.4 Å². The molecule has 0 unspecified atom stereocenters. The van der Waals surface area contributed by atoms with Crippen LogP contribution in [0.15, 0.2) is 60.7 Å². The van der Waals surface area contributed by atoms with Crippen molar-refractivity contribution in [3.05, 3.63) is 60.7 Å². The van der Waals surface area contributed by atoms with Crippen molar-refractivity contribution < 1.29 is 0 Å². The fourth-order valence-electron chi connectivity index (χ4n) is 2.74. The van der Waals surface area contributed by atoms with Crippen LogP contribution in [-0.4, -0.2) is 5.66 Å². The zero-order chi connectivity index (χ0) is 15.7. The highest BCUT2D eigenvalue weighted by Gasteiger charge is 2.23. The molecule has 22 heavy (non-hydrogen) atoms. The standard InChI is InChI=1S/C20H28N2/c1-3-4-5-12-17-20(2,21-18-13-8-6-9-14-18)22-19-15-10-7-11-16-19/h6-11,13-16,21-22H,3-5,12,17H2,1-2H3. The van der Waals surface area contributed by atoms with Crippen LogP contribution in [0.5, 0.6) is 0 Å². The minimum atomic E-state index is -0.142. The Labute approximate surface area is 135 Å². The predicted octanol–water partition coefficient (Wildman–Crippen LogP) is 5.90. The van der Waals surface area contributed by atoms with Gasteiger partial charge in [-0.15, -0.1) is 0 Å². The van der Waals surface area contributed by atoms with Crippen LogP contribution in [0.3, 0.4) is 0 Å². The summed E-state index contributed by atoms with van der Waals surface area (Å²) in [7, 11) is 0. The molecular weight excluding hydrogens is 268 g/mol. The van der Waals surface area contributed by atoms with Gasteiger partial charge in [-0.1, -0.05) is 62.6 Å². The quantitative estimate of drug-likeness (QED) is 0.445. The molecule has 0 aliphatic rings. The van der Waals surface area contributed by atoms with E-state index in [0.29, 0.717) is 0 Å². The van der Waals surface area contributed by atoms with Gasteiger partial charge in [0.2, 0.25) is 0 Å². The summed E-state index contributed by atoms with van der Waals surface area (Å²) in [5.41, 5.74) is 2.17. The third kappa shape index (κ3) is 5.44. The molecule has 118 valence electrons. The Morgan fingerprint density at radius 3 is 1.68 bits per heavy atom. The number of benzene rings is 2. The van der Waals surface area contributed by atoms with Crippen molar-refractivity contribution in [2.75, 3.05) is 10.6 Å². The number of hydrogen-bond acceptors (Lipinski definition) is 2. The van der Waals surface area contributed by atoms with Crippen molar-refractivity contribution in [2.45, 2.75) is 51.6 Å². The molecule has 2 aromatic rings. The van der Waals surface area contributed by atoms with Gasteiger partial charge >= 0.3 is 0 Å². The summed E-state index contributed by atoms with van der Waals surface area (Å²) in [5.74, 6) is 0. The SMILES string of the molecule is CCCCCCC(C)(Nc1ccccc1)Nc1ccccc1. The minimum Gasteiger partial charge on any atom is -0.363 e. The molecule has 0 spiro atoms. The van der Waals surface area contributed by atoms with Crippen LogP contribution in [0, 0.1) is 0 Å². The second-order valence-electron chi connectivity index (χ2n) is 6.12. The van der Waals surface area contributed by atoms with Gasteiger partial charge in [0.05, 0.1) is 0 Å². The van der Waals surface area contributed by atoms with Crippen molar-refractivity contribution in [1.82, 2.24) is 0 Å². The van der Waals surface area contributed by atoms with Gasteiger partial charge in [0.15, 0.2) is 0 Å². The molecule has 0 aliphatic carbocycles. The van der Waals surface area contributed by atoms with Crippen molar-refractivity contribution in [1.29, 1.82) is 0 Å². The maximum Gasteiger partial charge on any atom is 0.105 e. The van der Waals surface area contributed by atoms with Crippen LogP contribution in [0.25, 0.3) is 0 Å². The second-order valence-corrected chi connectivity index (χ2v) is 6.12. The van der Waals surface area contributed by atoms with Gasteiger partial charge in [-0.05, 0) is 44.0 Å². The summed E-state index contributed by atoms with van der Waals surface area (Å²) < 4.78 is 0. The van der Waals surface area contributed by atoms with E-state index in [9.17, 15) is 0 Å². The molecule has 0 fully saturated rings. The summed E-state index contributed by atoms with van der Waals surface area (Å²) in [6.45, 7) is 4.50. The number of anilines is 2. The fourth-order valence-corrected chi connectivity index (χ4v) is 2.74. The molecule has 0 saturated carbocycles. The number of nitrogens with one attached hydrogen (secondary N) is 2. The van der Waals surface area contributed by atoms with Gasteiger partial charge in [-0.2, -0.15) is 0 Å². The van der Waals surface area contributed by atoms with Gasteiger partial charge in [-0.3, -0.25) is 0 Å². The molecule has 2 rings (SSSR count). The lowest BCUT2D eigenvalue weighted by Crippen LogP contribution is -2.43. The molecule has 0 amide bonds. The molecule has 0 bridgehead atoms. The highest BCUT2D eigenvalue weighted by atomic mass is 15.2. The van der Waals surface area contributed by atoms with Crippen molar-refractivity contribution >= 4 is 11.4 Å². The Morgan fingerprint density at radius 2 is 1.23 bits per heavy atom. The number of rotatable bonds is 9. The Bertz CT molecular complexity index is 480. The zero-order valence-electron chi connectivity index (χ0n) is 13.8. The molecule has 2 aromatic carbocycles. The molecule has 0 aliphatic heterocycles. The average molecular weight is 296 g/mol.